The van der Waals surface area contributed by atoms with Crippen LogP contribution < -0.4 is 4.84 Å². The maximum absolute atomic E-state index is 13.2. The van der Waals surface area contributed by atoms with E-state index in [4.69, 9.17) is 4.84 Å². The van der Waals surface area contributed by atoms with Gasteiger partial charge in [-0.1, -0.05) is 41.2 Å². The van der Waals surface area contributed by atoms with Crippen LogP contribution in [0.25, 0.3) is 11.0 Å². The lowest BCUT2D eigenvalue weighted by molar-refractivity contribution is -0.0105. The van der Waals surface area contributed by atoms with Crippen molar-refractivity contribution in [2.24, 2.45) is 0 Å². The lowest BCUT2D eigenvalue weighted by Gasteiger charge is -2.28. The minimum Gasteiger partial charge on any atom is -0.508 e. The van der Waals surface area contributed by atoms with Crippen LogP contribution in [0.2, 0.25) is 0 Å². The molecule has 3 aromatic carbocycles. The number of fused-ring (bicyclic) bond motifs is 2. The molecule has 0 spiro atoms. The van der Waals surface area contributed by atoms with E-state index < -0.39 is 17.9 Å². The molecule has 0 saturated carbocycles. The summed E-state index contributed by atoms with van der Waals surface area (Å²) in [6, 6.07) is 19.2. The Balaban J connectivity index is 1.51. The van der Waals surface area contributed by atoms with Crippen molar-refractivity contribution in [2.45, 2.75) is 6.54 Å². The van der Waals surface area contributed by atoms with Crippen LogP contribution >= 0.6 is 0 Å². The molecule has 4 aromatic rings. The van der Waals surface area contributed by atoms with Crippen molar-refractivity contribution in [3.8, 4) is 5.75 Å². The van der Waals surface area contributed by atoms with Gasteiger partial charge in [0.25, 0.3) is 11.8 Å². The van der Waals surface area contributed by atoms with Gasteiger partial charge in [0.1, 0.15) is 16.8 Å². The van der Waals surface area contributed by atoms with E-state index in [0.29, 0.717) is 16.6 Å². The third-order valence-electron chi connectivity index (χ3n) is 4.98. The zero-order valence-electron chi connectivity index (χ0n) is 16.5. The Bertz CT molecular complexity index is 1330. The molecule has 1 N–H and O–H groups in total. The van der Waals surface area contributed by atoms with Crippen LogP contribution in [0.5, 0.6) is 5.75 Å². The van der Waals surface area contributed by atoms with E-state index in [0.717, 1.165) is 14.9 Å². The summed E-state index contributed by atoms with van der Waals surface area (Å²) in [6.07, 6.45) is -1.01. The molecule has 0 atom stereocenters. The number of aromatic hydroxyl groups is 1. The molecule has 0 radical (unpaired) electrons. The van der Waals surface area contributed by atoms with Gasteiger partial charge >= 0.3 is 6.09 Å². The van der Waals surface area contributed by atoms with Crippen LogP contribution in [-0.4, -0.2) is 48.2 Å². The van der Waals surface area contributed by atoms with E-state index in [1.165, 1.54) is 24.3 Å². The largest absolute Gasteiger partial charge is 0.508 e. The second-order valence-corrected chi connectivity index (χ2v) is 7.00. The highest BCUT2D eigenvalue weighted by molar-refractivity contribution is 6.21. The molecule has 32 heavy (non-hydrogen) atoms. The van der Waals surface area contributed by atoms with Crippen LogP contribution in [0.1, 0.15) is 26.3 Å². The van der Waals surface area contributed by atoms with Gasteiger partial charge in [-0.3, -0.25) is 14.4 Å². The van der Waals surface area contributed by atoms with Crippen molar-refractivity contribution in [1.29, 1.82) is 0 Å². The fraction of sp³-hybridized carbons (Fsp3) is 0.0455. The number of carbonyl (C=O) groups is 3. The number of phenolic OH excluding ortho intramolecular Hbond substituents is 1. The van der Waals surface area contributed by atoms with Gasteiger partial charge in [-0.05, 0) is 47.2 Å². The average molecular weight is 429 g/mol. The maximum Gasteiger partial charge on any atom is 0.455 e. The number of para-hydroxylation sites is 1. The standard InChI is InChI=1S/C22H15N5O5/c28-15-11-9-14(10-12-15)13-25(26-20(29)16-5-1-2-6-17(16)21(26)30)22(31)32-27-19-8-4-3-7-18(19)23-24-27/h1-12,28H,13H2. The molecule has 0 fully saturated rings. The zero-order chi connectivity index (χ0) is 22.2. The summed E-state index contributed by atoms with van der Waals surface area (Å²) in [5.41, 5.74) is 1.87. The first-order valence-corrected chi connectivity index (χ1v) is 9.59. The Morgan fingerprint density at radius 2 is 1.53 bits per heavy atom. The summed E-state index contributed by atoms with van der Waals surface area (Å²) in [7, 11) is 0. The smallest absolute Gasteiger partial charge is 0.455 e. The van der Waals surface area contributed by atoms with Crippen molar-refractivity contribution in [1.82, 2.24) is 25.2 Å². The van der Waals surface area contributed by atoms with Gasteiger partial charge in [0.15, 0.2) is 0 Å². The minimum absolute atomic E-state index is 0.0395. The maximum atomic E-state index is 13.2. The monoisotopic (exact) mass is 429 g/mol. The van der Waals surface area contributed by atoms with Gasteiger partial charge in [0.05, 0.1) is 17.7 Å². The summed E-state index contributed by atoms with van der Waals surface area (Å²) < 4.78 is 0. The molecule has 2 heterocycles. The molecule has 10 heteroatoms. The van der Waals surface area contributed by atoms with Gasteiger partial charge in [0, 0.05) is 0 Å². The number of rotatable bonds is 4. The first kappa shape index (κ1) is 19.2. The molecule has 0 aliphatic carbocycles. The van der Waals surface area contributed by atoms with Gasteiger partial charge in [0.2, 0.25) is 0 Å². The summed E-state index contributed by atoms with van der Waals surface area (Å²) in [6.45, 7) is -0.169. The van der Waals surface area contributed by atoms with Crippen molar-refractivity contribution < 1.29 is 24.3 Å². The quantitative estimate of drug-likeness (QED) is 0.391. The van der Waals surface area contributed by atoms with Crippen LogP contribution in [0, 0.1) is 0 Å². The molecular formula is C22H15N5O5. The van der Waals surface area contributed by atoms with E-state index in [1.807, 2.05) is 0 Å². The first-order valence-electron chi connectivity index (χ1n) is 9.59. The third-order valence-corrected chi connectivity index (χ3v) is 4.98. The van der Waals surface area contributed by atoms with E-state index in [1.54, 1.807) is 48.5 Å². The summed E-state index contributed by atoms with van der Waals surface area (Å²) in [5, 5.41) is 18.9. The molecule has 158 valence electrons. The number of amides is 3. The lowest BCUT2D eigenvalue weighted by atomic mass is 10.1. The van der Waals surface area contributed by atoms with E-state index in [-0.39, 0.29) is 23.4 Å². The second kappa shape index (κ2) is 7.51. The summed E-state index contributed by atoms with van der Waals surface area (Å²) in [4.78, 5) is 45.5. The molecule has 1 aromatic heterocycles. The second-order valence-electron chi connectivity index (χ2n) is 7.00. The number of hydrogen-bond donors (Lipinski definition) is 1. The number of hydrazine groups is 1. The number of carbonyl (C=O) groups excluding carboxylic acids is 3. The van der Waals surface area contributed by atoms with E-state index >= 15 is 0 Å². The van der Waals surface area contributed by atoms with Gasteiger partial charge in [-0.25, -0.2) is 9.80 Å². The molecule has 0 unspecified atom stereocenters. The number of imide groups is 1. The molecule has 3 amide bonds. The molecule has 10 nitrogen and oxygen atoms in total. The summed E-state index contributed by atoms with van der Waals surface area (Å²) in [5.74, 6) is -1.26. The fourth-order valence-electron chi connectivity index (χ4n) is 3.42. The van der Waals surface area contributed by atoms with Crippen molar-refractivity contribution >= 4 is 28.9 Å². The predicted molar refractivity (Wildman–Crippen MR) is 110 cm³/mol. The van der Waals surface area contributed by atoms with Gasteiger partial charge < -0.3 is 5.11 Å². The van der Waals surface area contributed by atoms with Gasteiger partial charge in [-0.15, -0.1) is 5.10 Å². The highest BCUT2D eigenvalue weighted by atomic mass is 16.7. The Labute approximate surface area is 180 Å². The lowest BCUT2D eigenvalue weighted by Crippen LogP contribution is -2.51. The Kier molecular flexibility index (Phi) is 4.52. The van der Waals surface area contributed by atoms with Crippen molar-refractivity contribution in [2.75, 3.05) is 0 Å². The number of phenols is 1. The number of hydrogen-bond acceptors (Lipinski definition) is 7. The van der Waals surface area contributed by atoms with Crippen molar-refractivity contribution in [3.63, 3.8) is 0 Å². The molecule has 0 bridgehead atoms. The average Bonchev–Trinajstić information content (AvgIpc) is 3.32. The Morgan fingerprint density at radius 3 is 2.22 bits per heavy atom. The SMILES string of the molecule is O=C(On1nnc2ccccc21)N(Cc1ccc(O)cc1)N1C(=O)c2ccccc2C1=O. The van der Waals surface area contributed by atoms with E-state index in [9.17, 15) is 19.5 Å². The van der Waals surface area contributed by atoms with Crippen LogP contribution in [-0.2, 0) is 6.54 Å². The highest BCUT2D eigenvalue weighted by Gasteiger charge is 2.42. The third kappa shape index (κ3) is 3.19. The fourth-order valence-corrected chi connectivity index (χ4v) is 3.42. The molecule has 5 rings (SSSR count). The van der Waals surface area contributed by atoms with Gasteiger partial charge in [-0.2, -0.15) is 5.01 Å². The number of benzene rings is 3. The van der Waals surface area contributed by atoms with Crippen molar-refractivity contribution in [3.05, 3.63) is 89.5 Å². The topological polar surface area (TPSA) is 118 Å². The minimum atomic E-state index is -1.01. The Hall–Kier alpha value is -4.73. The molecule has 0 saturated heterocycles. The highest BCUT2D eigenvalue weighted by Crippen LogP contribution is 2.26. The first-order chi connectivity index (χ1) is 15.5. The predicted octanol–water partition coefficient (Wildman–Crippen LogP) is 2.40. The molecule has 1 aliphatic heterocycles. The zero-order valence-corrected chi connectivity index (χ0v) is 16.5. The molecular weight excluding hydrogens is 414 g/mol. The van der Waals surface area contributed by atoms with E-state index in [2.05, 4.69) is 10.3 Å². The van der Waals surface area contributed by atoms with Crippen LogP contribution in [0.3, 0.4) is 0 Å². The van der Waals surface area contributed by atoms with Crippen LogP contribution in [0.15, 0.2) is 72.8 Å². The molecule has 1 aliphatic rings. The number of aromatic nitrogens is 3. The number of nitrogens with zero attached hydrogens (tertiary/aromatic N) is 5. The Morgan fingerprint density at radius 1 is 0.906 bits per heavy atom. The normalized spacial score (nSPS) is 12.8. The summed E-state index contributed by atoms with van der Waals surface area (Å²) >= 11 is 0. The van der Waals surface area contributed by atoms with Crippen LogP contribution in [0.4, 0.5) is 4.79 Å².